The molecule has 4 fully saturated rings. The first-order chi connectivity index (χ1) is 33.7. The number of likely N-dealkylation sites (tertiary alicyclic amines) is 1. The topological polar surface area (TPSA) is 188 Å². The molecule has 70 heavy (non-hydrogen) atoms. The zero-order valence-corrected chi connectivity index (χ0v) is 41.5. The van der Waals surface area contributed by atoms with Crippen LogP contribution >= 0.6 is 18.7 Å². The summed E-state index contributed by atoms with van der Waals surface area (Å²) in [6.45, 7) is 8.93. The Morgan fingerprint density at radius 1 is 0.900 bits per heavy atom. The summed E-state index contributed by atoms with van der Waals surface area (Å²) in [6.07, 6.45) is 15.6. The molecule has 1 atom stereocenters. The molecule has 0 bridgehead atoms. The molecule has 20 heteroatoms. The Morgan fingerprint density at radius 2 is 1.70 bits per heavy atom. The predicted molar refractivity (Wildman–Crippen MR) is 274 cm³/mol. The molecule has 3 aromatic heterocycles. The van der Waals surface area contributed by atoms with Crippen LogP contribution in [0.3, 0.4) is 0 Å². The number of nitrogens with one attached hydrogen (secondary N) is 4. The Morgan fingerprint density at radius 3 is 2.44 bits per heavy atom. The average Bonchev–Trinajstić information content (AvgIpc) is 3.79. The molecule has 4 saturated heterocycles. The second-order valence-corrected chi connectivity index (χ2v) is 23.0. The van der Waals surface area contributed by atoms with Gasteiger partial charge in [-0.05, 0) is 113 Å². The lowest BCUT2D eigenvalue weighted by molar-refractivity contribution is -0.133. The van der Waals surface area contributed by atoms with Gasteiger partial charge in [0, 0.05) is 98.5 Å². The van der Waals surface area contributed by atoms with Crippen LogP contribution < -0.4 is 41.1 Å². The third-order valence-electron chi connectivity index (χ3n) is 14.4. The highest BCUT2D eigenvalue weighted by molar-refractivity contribution is 7.71. The van der Waals surface area contributed by atoms with E-state index < -0.39 is 13.2 Å². The first-order valence-electron chi connectivity index (χ1n) is 23.9. The first-order valence-corrected chi connectivity index (χ1v) is 26.9. The molecule has 17 nitrogen and oxygen atoms in total. The average molecular weight is 991 g/mol. The van der Waals surface area contributed by atoms with Gasteiger partial charge in [-0.2, -0.15) is 10.1 Å². The molecule has 3 aromatic carbocycles. The zero-order valence-electron chi connectivity index (χ0n) is 39.8. The normalized spacial score (nSPS) is 19.1. The molecule has 10 rings (SSSR count). The van der Waals surface area contributed by atoms with Crippen molar-refractivity contribution in [2.24, 2.45) is 12.5 Å². The first kappa shape index (κ1) is 47.3. The highest BCUT2D eigenvalue weighted by Gasteiger charge is 2.41. The van der Waals surface area contributed by atoms with E-state index in [0.717, 1.165) is 100 Å². The molecule has 4 N–H and O–H groups in total. The third kappa shape index (κ3) is 9.99. The Balaban J connectivity index is 0.813. The molecular weight excluding hydrogens is 932 g/mol. The zero-order chi connectivity index (χ0) is 48.7. The number of halogens is 2. The lowest BCUT2D eigenvalue weighted by Gasteiger charge is -2.50. The molecule has 0 saturated carbocycles. The maximum absolute atomic E-state index is 15.1. The number of rotatable bonds is 12. The summed E-state index contributed by atoms with van der Waals surface area (Å²) in [6, 6.07) is 12.6. The largest absolute Gasteiger partial charge is 0.494 e. The Kier molecular flexibility index (Phi) is 13.1. The fourth-order valence-corrected chi connectivity index (χ4v) is 12.4. The molecule has 0 radical (unpaired) electrons. The number of benzene rings is 3. The van der Waals surface area contributed by atoms with Gasteiger partial charge in [0.05, 0.1) is 41.7 Å². The van der Waals surface area contributed by atoms with Crippen LogP contribution in [-0.4, -0.2) is 118 Å². The van der Waals surface area contributed by atoms with Gasteiger partial charge in [0.2, 0.25) is 17.8 Å². The van der Waals surface area contributed by atoms with Gasteiger partial charge in [0.15, 0.2) is 5.82 Å². The van der Waals surface area contributed by atoms with Crippen molar-refractivity contribution in [1.82, 2.24) is 39.9 Å². The number of carbonyl (C=O) groups excluding carboxylic acids is 2. The minimum absolute atomic E-state index is 0.158. The maximum Gasteiger partial charge on any atom is 0.249 e. The van der Waals surface area contributed by atoms with Gasteiger partial charge >= 0.3 is 0 Å². The van der Waals surface area contributed by atoms with E-state index in [1.165, 1.54) is 12.3 Å². The highest BCUT2D eigenvalue weighted by atomic mass is 35.5. The van der Waals surface area contributed by atoms with Crippen molar-refractivity contribution < 1.29 is 23.3 Å². The van der Waals surface area contributed by atoms with E-state index in [1.54, 1.807) is 43.6 Å². The minimum Gasteiger partial charge on any atom is -0.494 e. The van der Waals surface area contributed by atoms with Crippen LogP contribution in [0.15, 0.2) is 73.4 Å². The smallest absolute Gasteiger partial charge is 0.249 e. The van der Waals surface area contributed by atoms with Crippen molar-refractivity contribution in [3.8, 4) is 16.9 Å². The van der Waals surface area contributed by atoms with Gasteiger partial charge in [-0.3, -0.25) is 29.6 Å². The van der Waals surface area contributed by atoms with Crippen molar-refractivity contribution in [2.45, 2.75) is 63.5 Å². The summed E-state index contributed by atoms with van der Waals surface area (Å²) in [4.78, 5) is 49.8. The van der Waals surface area contributed by atoms with E-state index in [0.29, 0.717) is 57.4 Å². The van der Waals surface area contributed by atoms with Crippen LogP contribution in [0.4, 0.5) is 44.6 Å². The third-order valence-corrected chi connectivity index (χ3v) is 16.2. The van der Waals surface area contributed by atoms with Gasteiger partial charge in [-0.25, -0.2) is 9.37 Å². The molecule has 2 amide bonds. The number of nitrogens with zero attached hydrogens (tertiary/aromatic N) is 9. The summed E-state index contributed by atoms with van der Waals surface area (Å²) in [5, 5.41) is 17.6. The summed E-state index contributed by atoms with van der Waals surface area (Å²) in [5.41, 5.74) is 6.96. The van der Waals surface area contributed by atoms with E-state index in [2.05, 4.69) is 68.2 Å². The lowest BCUT2D eigenvalue weighted by atomic mass is 9.72. The summed E-state index contributed by atoms with van der Waals surface area (Å²) in [5.74, 6) is 0.227. The van der Waals surface area contributed by atoms with Crippen molar-refractivity contribution in [3.05, 3.63) is 84.3 Å². The number of imide groups is 1. The second-order valence-electron chi connectivity index (χ2n) is 19.5. The molecule has 0 aliphatic carbocycles. The quantitative estimate of drug-likeness (QED) is 0.0684. The van der Waals surface area contributed by atoms with E-state index >= 15 is 4.39 Å². The summed E-state index contributed by atoms with van der Waals surface area (Å²) in [7, 11) is 0.721. The number of fused-ring (bicyclic) bond motifs is 1. The van der Waals surface area contributed by atoms with Gasteiger partial charge in [0.1, 0.15) is 35.3 Å². The Bertz CT molecular complexity index is 3010. The number of aryl methyl sites for hydroxylation is 1. The lowest BCUT2D eigenvalue weighted by Crippen LogP contribution is -2.53. The molecule has 1 spiro atoms. The summed E-state index contributed by atoms with van der Waals surface area (Å²) >= 11 is 6.68. The van der Waals surface area contributed by atoms with Crippen LogP contribution in [0.2, 0.25) is 5.02 Å². The van der Waals surface area contributed by atoms with E-state index in [9.17, 15) is 14.2 Å². The molecule has 7 heterocycles. The van der Waals surface area contributed by atoms with Gasteiger partial charge in [0.25, 0.3) is 0 Å². The van der Waals surface area contributed by atoms with Gasteiger partial charge < -0.3 is 40.0 Å². The number of anilines is 7. The number of carbonyl (C=O) groups is 2. The number of methoxy groups -OCH3 is 1. The molecule has 4 aliphatic heterocycles. The fourth-order valence-electron chi connectivity index (χ4n) is 10.9. The molecule has 6 aromatic rings. The predicted octanol–water partition coefficient (Wildman–Crippen LogP) is 7.93. The Hall–Kier alpha value is -6.36. The molecule has 4 aliphatic rings. The minimum atomic E-state index is -2.84. The fraction of sp³-hybridized carbons (Fsp3) is 0.420. The summed E-state index contributed by atoms with van der Waals surface area (Å²) < 4.78 is 36.5. The molecule has 366 valence electrons. The van der Waals surface area contributed by atoms with Crippen LogP contribution in [-0.2, 0) is 21.2 Å². The highest BCUT2D eigenvalue weighted by Crippen LogP contribution is 2.45. The van der Waals surface area contributed by atoms with Crippen LogP contribution in [0.1, 0.15) is 51.4 Å². The number of hydrogen-bond acceptors (Lipinski definition) is 15. The van der Waals surface area contributed by atoms with Gasteiger partial charge in [-0.15, -0.1) is 0 Å². The monoisotopic (exact) mass is 989 g/mol. The number of piperidine rings is 4. The van der Waals surface area contributed by atoms with Crippen LogP contribution in [0.25, 0.3) is 22.2 Å². The number of aromatic nitrogens is 6. The number of ether oxygens (including phenoxy) is 1. The van der Waals surface area contributed by atoms with Crippen molar-refractivity contribution in [1.29, 1.82) is 0 Å². The number of amides is 2. The number of hydrogen-bond donors (Lipinski definition) is 4. The Labute approximate surface area is 411 Å². The standard InChI is InChI=1S/C50H58ClFN13O4P/c1-62-29-31(27-56-62)36-25-41(59-49-55-28-37(51)47(61-49)58-39-7-6-38-45(54-16-15-53-38)46(39)70(3,4)68)43(69-2)26-42(36)64-18-10-34(11-19-64)63-20-13-50(14-21-63)12-5-17-65(30-50)35-23-32(52)22-33(24-35)57-40-8-9-44(66)60-48(40)67/h6-7,15-16,22-29,34,40,57H,5,8-14,17-21,30H2,1-4H3,(H,60,66,67)(H2,55,58,59,61). The van der Waals surface area contributed by atoms with Crippen LogP contribution in [0, 0.1) is 11.2 Å². The van der Waals surface area contributed by atoms with E-state index in [-0.39, 0.29) is 40.4 Å². The van der Waals surface area contributed by atoms with Crippen molar-refractivity contribution >= 4 is 87.1 Å². The molecular formula is C50H58ClFN13O4P. The van der Waals surface area contributed by atoms with Gasteiger partial charge in [-0.1, -0.05) is 11.6 Å². The van der Waals surface area contributed by atoms with Crippen LogP contribution in [0.5, 0.6) is 5.75 Å². The maximum atomic E-state index is 15.1. The van der Waals surface area contributed by atoms with Crippen molar-refractivity contribution in [3.63, 3.8) is 0 Å². The van der Waals surface area contributed by atoms with Crippen molar-refractivity contribution in [2.75, 3.05) is 85.5 Å². The van der Waals surface area contributed by atoms with E-state index in [4.69, 9.17) is 21.3 Å². The van der Waals surface area contributed by atoms with E-state index in [1.807, 2.05) is 37.6 Å². The molecule has 1 unspecified atom stereocenters. The SMILES string of the molecule is COc1cc(N2CCC(N3CCC4(CCCN(c5cc(F)cc(NC6CCC(=O)NC6=O)c5)C4)CC3)CC2)c(-c2cnn(C)c2)cc1Nc1ncc(Cl)c(Nc2ccc3nccnc3c2P(C)(C)=O)n1. The second kappa shape index (κ2) is 19.4.